The second kappa shape index (κ2) is 8.93. The molecule has 114 valence electrons. The second-order valence-electron chi connectivity index (χ2n) is 5.12. The third-order valence-electron chi connectivity index (χ3n) is 3.63. The molecule has 1 aromatic heterocycles. The largest absolute Gasteiger partial charge is 0.395 e. The first-order valence-corrected chi connectivity index (χ1v) is 7.68. The van der Waals surface area contributed by atoms with Crippen molar-refractivity contribution in [1.82, 2.24) is 4.98 Å². The Hall–Kier alpha value is -1.13. The van der Waals surface area contributed by atoms with Crippen LogP contribution in [0.5, 0.6) is 0 Å². The minimum atomic E-state index is 0.0299. The van der Waals surface area contributed by atoms with E-state index in [9.17, 15) is 10.2 Å². The zero-order chi connectivity index (χ0) is 15.0. The van der Waals surface area contributed by atoms with Gasteiger partial charge in [-0.05, 0) is 37.0 Å². The first kappa shape index (κ1) is 16.9. The van der Waals surface area contributed by atoms with Crippen LogP contribution >= 0.6 is 0 Å². The molecule has 0 aliphatic rings. The summed E-state index contributed by atoms with van der Waals surface area (Å²) in [5.41, 5.74) is 1.91. The molecule has 1 aromatic rings. The van der Waals surface area contributed by atoms with Crippen LogP contribution < -0.4 is 4.90 Å². The van der Waals surface area contributed by atoms with Crippen molar-refractivity contribution < 1.29 is 10.2 Å². The highest BCUT2D eigenvalue weighted by Gasteiger charge is 2.17. The van der Waals surface area contributed by atoms with Gasteiger partial charge in [-0.1, -0.05) is 27.2 Å². The molecule has 2 N–H and O–H groups in total. The summed E-state index contributed by atoms with van der Waals surface area (Å²) >= 11 is 0. The minimum absolute atomic E-state index is 0.0299. The Morgan fingerprint density at radius 3 is 2.35 bits per heavy atom. The van der Waals surface area contributed by atoms with E-state index >= 15 is 0 Å². The monoisotopic (exact) mass is 280 g/mol. The summed E-state index contributed by atoms with van der Waals surface area (Å²) in [4.78, 5) is 6.88. The first-order chi connectivity index (χ1) is 9.69. The molecule has 0 atom stereocenters. The molecule has 0 radical (unpaired) electrons. The summed E-state index contributed by atoms with van der Waals surface area (Å²) in [5, 5.41) is 18.7. The molecule has 0 fully saturated rings. The van der Waals surface area contributed by atoms with Crippen molar-refractivity contribution in [2.45, 2.75) is 59.1 Å². The Morgan fingerprint density at radius 1 is 1.15 bits per heavy atom. The number of aliphatic hydroxyl groups excluding tert-OH is 2. The van der Waals surface area contributed by atoms with Crippen LogP contribution in [0.2, 0.25) is 0 Å². The number of pyridine rings is 1. The average molecular weight is 280 g/mol. The first-order valence-electron chi connectivity index (χ1n) is 7.68. The molecule has 0 unspecified atom stereocenters. The fourth-order valence-corrected chi connectivity index (χ4v) is 2.58. The lowest BCUT2D eigenvalue weighted by Crippen LogP contribution is -2.37. The summed E-state index contributed by atoms with van der Waals surface area (Å²) in [6.07, 6.45) is 3.98. The molecule has 1 heterocycles. The highest BCUT2D eigenvalue weighted by Crippen LogP contribution is 2.21. The van der Waals surface area contributed by atoms with E-state index in [0.717, 1.165) is 42.8 Å². The van der Waals surface area contributed by atoms with Gasteiger partial charge >= 0.3 is 0 Å². The number of anilines is 1. The van der Waals surface area contributed by atoms with Crippen LogP contribution in [-0.4, -0.2) is 34.4 Å². The van der Waals surface area contributed by atoms with Gasteiger partial charge in [0, 0.05) is 18.3 Å². The van der Waals surface area contributed by atoms with E-state index in [4.69, 9.17) is 4.98 Å². The molecule has 0 amide bonds. The number of hydrogen-bond donors (Lipinski definition) is 2. The summed E-state index contributed by atoms with van der Waals surface area (Å²) in [5.74, 6) is 0.878. The van der Waals surface area contributed by atoms with E-state index in [0.29, 0.717) is 12.6 Å². The van der Waals surface area contributed by atoms with Gasteiger partial charge in [-0.2, -0.15) is 0 Å². The summed E-state index contributed by atoms with van der Waals surface area (Å²) < 4.78 is 0. The van der Waals surface area contributed by atoms with Gasteiger partial charge in [-0.3, -0.25) is 0 Å². The third kappa shape index (κ3) is 4.46. The quantitative estimate of drug-likeness (QED) is 0.730. The van der Waals surface area contributed by atoms with Crippen molar-refractivity contribution in [3.8, 4) is 0 Å². The molecule has 0 aliphatic heterocycles. The van der Waals surface area contributed by atoms with Gasteiger partial charge in [-0.25, -0.2) is 4.98 Å². The Labute approximate surface area is 122 Å². The predicted molar refractivity (Wildman–Crippen MR) is 83.0 cm³/mol. The van der Waals surface area contributed by atoms with Gasteiger partial charge in [0.05, 0.1) is 13.2 Å². The zero-order valence-corrected chi connectivity index (χ0v) is 13.0. The highest BCUT2D eigenvalue weighted by molar-refractivity contribution is 5.44. The molecule has 0 aliphatic carbocycles. The van der Waals surface area contributed by atoms with Crippen LogP contribution in [-0.2, 0) is 13.0 Å². The fourth-order valence-electron chi connectivity index (χ4n) is 2.58. The summed E-state index contributed by atoms with van der Waals surface area (Å²) in [7, 11) is 0. The smallest absolute Gasteiger partial charge is 0.129 e. The number of rotatable bonds is 9. The van der Waals surface area contributed by atoms with Crippen LogP contribution in [0.15, 0.2) is 12.1 Å². The molecular weight excluding hydrogens is 252 g/mol. The molecule has 0 saturated carbocycles. The maximum Gasteiger partial charge on any atom is 0.129 e. The number of nitrogens with zero attached hydrogens (tertiary/aromatic N) is 2. The van der Waals surface area contributed by atoms with Crippen LogP contribution in [0.25, 0.3) is 0 Å². The maximum absolute atomic E-state index is 9.42. The van der Waals surface area contributed by atoms with Crippen LogP contribution in [0, 0.1) is 0 Å². The topological polar surface area (TPSA) is 56.6 Å². The van der Waals surface area contributed by atoms with E-state index in [2.05, 4.69) is 25.7 Å². The van der Waals surface area contributed by atoms with Gasteiger partial charge in [0.25, 0.3) is 0 Å². The van der Waals surface area contributed by atoms with Gasteiger partial charge in [-0.15, -0.1) is 0 Å². The van der Waals surface area contributed by atoms with E-state index < -0.39 is 0 Å². The van der Waals surface area contributed by atoms with Crippen LogP contribution in [0.4, 0.5) is 5.82 Å². The van der Waals surface area contributed by atoms with Gasteiger partial charge in [0.15, 0.2) is 0 Å². The lowest BCUT2D eigenvalue weighted by atomic mass is 10.1. The number of hydrogen-bond acceptors (Lipinski definition) is 4. The molecule has 0 saturated heterocycles. The standard InChI is InChI=1S/C16H28N2O2/c1-4-7-14-10-13(12-20)11-16(17-14)18(8-9-19)15(5-2)6-3/h10-11,15,19-20H,4-9,12H2,1-3H3. The molecule has 0 spiro atoms. The van der Waals surface area contributed by atoms with Crippen molar-refractivity contribution in [2.75, 3.05) is 18.1 Å². The highest BCUT2D eigenvalue weighted by atomic mass is 16.3. The summed E-state index contributed by atoms with van der Waals surface area (Å²) in [6.45, 7) is 7.16. The molecule has 0 bridgehead atoms. The minimum Gasteiger partial charge on any atom is -0.395 e. The van der Waals surface area contributed by atoms with Crippen molar-refractivity contribution in [2.24, 2.45) is 0 Å². The lowest BCUT2D eigenvalue weighted by Gasteiger charge is -2.31. The predicted octanol–water partition coefficient (Wildman–Crippen LogP) is 2.51. The van der Waals surface area contributed by atoms with Gasteiger partial charge in [0.1, 0.15) is 5.82 Å². The fraction of sp³-hybridized carbons (Fsp3) is 0.688. The average Bonchev–Trinajstić information content (AvgIpc) is 2.47. The van der Waals surface area contributed by atoms with Crippen LogP contribution in [0.3, 0.4) is 0 Å². The van der Waals surface area contributed by atoms with E-state index in [-0.39, 0.29) is 13.2 Å². The Bertz CT molecular complexity index is 392. The molecule has 1 rings (SSSR count). The van der Waals surface area contributed by atoms with E-state index in [1.165, 1.54) is 0 Å². The maximum atomic E-state index is 9.42. The molecule has 20 heavy (non-hydrogen) atoms. The summed E-state index contributed by atoms with van der Waals surface area (Å²) in [6, 6.07) is 4.28. The molecule has 4 heteroatoms. The van der Waals surface area contributed by atoms with Crippen molar-refractivity contribution in [1.29, 1.82) is 0 Å². The van der Waals surface area contributed by atoms with Gasteiger partial charge in [0.2, 0.25) is 0 Å². The normalized spacial score (nSPS) is 11.1. The molecular formula is C16H28N2O2. The molecule has 4 nitrogen and oxygen atoms in total. The van der Waals surface area contributed by atoms with E-state index in [1.807, 2.05) is 12.1 Å². The number of aryl methyl sites for hydroxylation is 1. The van der Waals surface area contributed by atoms with Crippen LogP contribution in [0.1, 0.15) is 51.3 Å². The Kier molecular flexibility index (Phi) is 7.55. The number of aromatic nitrogens is 1. The van der Waals surface area contributed by atoms with Crippen molar-refractivity contribution in [3.05, 3.63) is 23.4 Å². The van der Waals surface area contributed by atoms with Crippen molar-refractivity contribution in [3.63, 3.8) is 0 Å². The third-order valence-corrected chi connectivity index (χ3v) is 3.63. The zero-order valence-electron chi connectivity index (χ0n) is 13.0. The second-order valence-corrected chi connectivity index (χ2v) is 5.12. The van der Waals surface area contributed by atoms with E-state index in [1.54, 1.807) is 0 Å². The Morgan fingerprint density at radius 2 is 1.85 bits per heavy atom. The SMILES string of the molecule is CCCc1cc(CO)cc(N(CCO)C(CC)CC)n1. The van der Waals surface area contributed by atoms with Crippen molar-refractivity contribution >= 4 is 5.82 Å². The lowest BCUT2D eigenvalue weighted by molar-refractivity contribution is 0.281. The Balaban J connectivity index is 3.13. The molecule has 0 aromatic carbocycles. The van der Waals surface area contributed by atoms with Gasteiger partial charge < -0.3 is 15.1 Å². The number of aliphatic hydroxyl groups is 2.